The van der Waals surface area contributed by atoms with Crippen LogP contribution in [0.1, 0.15) is 46.6 Å². The Labute approximate surface area is 193 Å². The minimum Gasteiger partial charge on any atom is -0.345 e. The number of amides is 3. The maximum atomic E-state index is 13.0. The van der Waals surface area contributed by atoms with Gasteiger partial charge in [-0.3, -0.25) is 19.2 Å². The lowest BCUT2D eigenvalue weighted by Crippen LogP contribution is -2.57. The number of hydrogen-bond donors (Lipinski definition) is 3. The van der Waals surface area contributed by atoms with Crippen LogP contribution in [0.4, 0.5) is 0 Å². The molecule has 1 aromatic rings. The molecule has 3 atom stereocenters. The topological polar surface area (TPSA) is 104 Å². The molecule has 0 aliphatic rings. The molecule has 0 spiro atoms. The van der Waals surface area contributed by atoms with Crippen molar-refractivity contribution in [3.63, 3.8) is 0 Å². The molecule has 0 aromatic heterocycles. The van der Waals surface area contributed by atoms with Gasteiger partial charge in [-0.15, -0.1) is 0 Å². The Morgan fingerprint density at radius 3 is 1.97 bits per heavy atom. The Bertz CT molecular complexity index is 752. The van der Waals surface area contributed by atoms with Gasteiger partial charge in [-0.05, 0) is 30.2 Å². The second kappa shape index (κ2) is 13.2. The number of alkyl halides is 1. The van der Waals surface area contributed by atoms with Crippen molar-refractivity contribution >= 4 is 39.4 Å². The second-order valence-corrected chi connectivity index (χ2v) is 9.02. The molecule has 0 fully saturated rings. The van der Waals surface area contributed by atoms with Crippen molar-refractivity contribution in [2.75, 3.05) is 5.33 Å². The van der Waals surface area contributed by atoms with Crippen LogP contribution >= 0.6 is 15.9 Å². The van der Waals surface area contributed by atoms with Gasteiger partial charge in [0.05, 0.1) is 11.4 Å². The molecule has 172 valence electrons. The van der Waals surface area contributed by atoms with Gasteiger partial charge in [0, 0.05) is 6.92 Å². The molecule has 0 aliphatic heterocycles. The van der Waals surface area contributed by atoms with E-state index < -0.39 is 29.9 Å². The molecule has 31 heavy (non-hydrogen) atoms. The summed E-state index contributed by atoms with van der Waals surface area (Å²) in [5.41, 5.74) is 0.926. The van der Waals surface area contributed by atoms with E-state index in [0.717, 1.165) is 5.56 Å². The predicted molar refractivity (Wildman–Crippen MR) is 125 cm³/mol. The molecule has 1 aromatic carbocycles. The van der Waals surface area contributed by atoms with E-state index in [1.54, 1.807) is 0 Å². The Morgan fingerprint density at radius 1 is 0.871 bits per heavy atom. The van der Waals surface area contributed by atoms with Gasteiger partial charge in [-0.1, -0.05) is 74.0 Å². The number of rotatable bonds is 12. The molecule has 7 nitrogen and oxygen atoms in total. The summed E-state index contributed by atoms with van der Waals surface area (Å²) in [5.74, 6) is -1.33. The fourth-order valence-corrected chi connectivity index (χ4v) is 3.58. The quantitative estimate of drug-likeness (QED) is 0.387. The highest BCUT2D eigenvalue weighted by Gasteiger charge is 2.31. The van der Waals surface area contributed by atoms with Gasteiger partial charge >= 0.3 is 0 Å². The van der Waals surface area contributed by atoms with Gasteiger partial charge in [-0.25, -0.2) is 0 Å². The largest absolute Gasteiger partial charge is 0.345 e. The zero-order valence-corrected chi connectivity index (χ0v) is 20.5. The maximum absolute atomic E-state index is 13.0. The first kappa shape index (κ1) is 26.8. The Hall–Kier alpha value is -2.22. The molecule has 0 bridgehead atoms. The van der Waals surface area contributed by atoms with Crippen molar-refractivity contribution in [2.24, 2.45) is 11.8 Å². The Balaban J connectivity index is 2.95. The molecule has 0 radical (unpaired) electrons. The van der Waals surface area contributed by atoms with Crippen LogP contribution in [-0.2, 0) is 25.6 Å². The van der Waals surface area contributed by atoms with E-state index in [4.69, 9.17) is 0 Å². The molecule has 0 unspecified atom stereocenters. The molecule has 8 heteroatoms. The number of halogens is 1. The molecular weight excluding hydrogens is 462 g/mol. The van der Waals surface area contributed by atoms with E-state index in [0.29, 0.717) is 12.8 Å². The van der Waals surface area contributed by atoms with Crippen LogP contribution in [0.3, 0.4) is 0 Å². The summed E-state index contributed by atoms with van der Waals surface area (Å²) < 4.78 is 0. The summed E-state index contributed by atoms with van der Waals surface area (Å²) in [4.78, 5) is 49.8. The second-order valence-electron chi connectivity index (χ2n) is 8.46. The number of carbonyl (C=O) groups is 4. The van der Waals surface area contributed by atoms with Crippen LogP contribution in [0, 0.1) is 11.8 Å². The fourth-order valence-electron chi connectivity index (χ4n) is 3.19. The van der Waals surface area contributed by atoms with Gasteiger partial charge in [0.2, 0.25) is 17.7 Å². The van der Waals surface area contributed by atoms with Crippen molar-refractivity contribution in [1.82, 2.24) is 16.0 Å². The third-order valence-corrected chi connectivity index (χ3v) is 5.32. The van der Waals surface area contributed by atoms with E-state index in [-0.39, 0.29) is 28.9 Å². The zero-order valence-electron chi connectivity index (χ0n) is 18.9. The van der Waals surface area contributed by atoms with Crippen LogP contribution in [0.2, 0.25) is 0 Å². The summed E-state index contributed by atoms with van der Waals surface area (Å²) in [5, 5.41) is 8.33. The van der Waals surface area contributed by atoms with Crippen LogP contribution in [0.25, 0.3) is 0 Å². The molecule has 0 saturated heterocycles. The van der Waals surface area contributed by atoms with E-state index in [1.807, 2.05) is 58.0 Å². The minimum absolute atomic E-state index is 0.114. The summed E-state index contributed by atoms with van der Waals surface area (Å²) in [7, 11) is 0. The summed E-state index contributed by atoms with van der Waals surface area (Å²) >= 11 is 3.18. The minimum atomic E-state index is -0.836. The summed E-state index contributed by atoms with van der Waals surface area (Å²) in [6.45, 7) is 8.90. The SMILES string of the molecule is CC(=O)N[C@@H](CC(C)C)C(=O)N[C@H](C(=O)N[C@@H](Cc1ccccc1)C(=O)CBr)C(C)C. The number of carbonyl (C=O) groups excluding carboxylic acids is 4. The third-order valence-electron chi connectivity index (χ3n) is 4.77. The summed E-state index contributed by atoms with van der Waals surface area (Å²) in [6.07, 6.45) is 0.814. The average Bonchev–Trinajstić information content (AvgIpc) is 2.69. The molecule has 1 rings (SSSR count). The monoisotopic (exact) mass is 495 g/mol. The number of ketones is 1. The molecule has 0 aliphatic carbocycles. The highest BCUT2D eigenvalue weighted by molar-refractivity contribution is 9.09. The first-order valence-corrected chi connectivity index (χ1v) is 11.7. The molecule has 0 heterocycles. The van der Waals surface area contributed by atoms with Crippen LogP contribution < -0.4 is 16.0 Å². The number of nitrogens with one attached hydrogen (secondary N) is 3. The van der Waals surface area contributed by atoms with Gasteiger partial charge < -0.3 is 16.0 Å². The van der Waals surface area contributed by atoms with E-state index >= 15 is 0 Å². The summed E-state index contributed by atoms with van der Waals surface area (Å²) in [6, 6.07) is 7.15. The zero-order chi connectivity index (χ0) is 23.6. The maximum Gasteiger partial charge on any atom is 0.243 e. The van der Waals surface area contributed by atoms with E-state index in [2.05, 4.69) is 31.9 Å². The molecule has 3 amide bonds. The molecule has 3 N–H and O–H groups in total. The first-order chi connectivity index (χ1) is 14.5. The lowest BCUT2D eigenvalue weighted by Gasteiger charge is -2.27. The lowest BCUT2D eigenvalue weighted by atomic mass is 9.98. The van der Waals surface area contributed by atoms with E-state index in [1.165, 1.54) is 6.92 Å². The predicted octanol–water partition coefficient (Wildman–Crippen LogP) is 2.37. The van der Waals surface area contributed by atoms with Crippen LogP contribution in [-0.4, -0.2) is 47.0 Å². The van der Waals surface area contributed by atoms with Gasteiger partial charge in [0.25, 0.3) is 0 Å². The number of benzene rings is 1. The van der Waals surface area contributed by atoms with Crippen molar-refractivity contribution in [2.45, 2.75) is 65.6 Å². The third kappa shape index (κ3) is 9.63. The molecule has 0 saturated carbocycles. The number of hydrogen-bond acceptors (Lipinski definition) is 4. The smallest absolute Gasteiger partial charge is 0.243 e. The van der Waals surface area contributed by atoms with E-state index in [9.17, 15) is 19.2 Å². The lowest BCUT2D eigenvalue weighted by molar-refractivity contribution is -0.134. The first-order valence-electron chi connectivity index (χ1n) is 10.6. The Morgan fingerprint density at radius 2 is 1.48 bits per heavy atom. The normalized spacial score (nSPS) is 13.9. The molecular formula is C23H34BrN3O4. The van der Waals surface area contributed by atoms with Crippen molar-refractivity contribution < 1.29 is 19.2 Å². The highest BCUT2D eigenvalue weighted by Crippen LogP contribution is 2.10. The number of Topliss-reactive ketones (excluding diaryl/α,β-unsaturated/α-hetero) is 1. The van der Waals surface area contributed by atoms with Gasteiger partial charge in [0.15, 0.2) is 5.78 Å². The fraction of sp³-hybridized carbons (Fsp3) is 0.565. The van der Waals surface area contributed by atoms with Crippen molar-refractivity contribution in [1.29, 1.82) is 0 Å². The average molecular weight is 496 g/mol. The standard InChI is InChI=1S/C23H34BrN3O4/c1-14(2)11-19(25-16(5)28)22(30)27-21(15(3)4)23(31)26-18(20(29)13-24)12-17-9-7-6-8-10-17/h6-10,14-15,18-19,21H,11-13H2,1-5H3,(H,25,28)(H,26,31)(H,27,30)/t18-,19-,21-/m0/s1. The van der Waals surface area contributed by atoms with Gasteiger partial charge in [0.1, 0.15) is 12.1 Å². The van der Waals surface area contributed by atoms with Crippen LogP contribution in [0.5, 0.6) is 0 Å². The van der Waals surface area contributed by atoms with Crippen molar-refractivity contribution in [3.8, 4) is 0 Å². The van der Waals surface area contributed by atoms with Crippen LogP contribution in [0.15, 0.2) is 30.3 Å². The highest BCUT2D eigenvalue weighted by atomic mass is 79.9. The van der Waals surface area contributed by atoms with Crippen molar-refractivity contribution in [3.05, 3.63) is 35.9 Å². The van der Waals surface area contributed by atoms with Gasteiger partial charge in [-0.2, -0.15) is 0 Å². The Kier molecular flexibility index (Phi) is 11.5.